The molecule has 1 amide bonds. The topological polar surface area (TPSA) is 105 Å². The molecule has 3 rings (SSSR count). The van der Waals surface area contributed by atoms with E-state index in [2.05, 4.69) is 10.6 Å². The molecule has 1 aliphatic rings. The van der Waals surface area contributed by atoms with Gasteiger partial charge in [0.2, 0.25) is 5.91 Å². The summed E-state index contributed by atoms with van der Waals surface area (Å²) < 4.78 is 5.22. The van der Waals surface area contributed by atoms with Gasteiger partial charge in [0.25, 0.3) is 0 Å². The van der Waals surface area contributed by atoms with Gasteiger partial charge >= 0.3 is 11.9 Å². The SMILES string of the molecule is CC(C)(C)OC(=O)/C=C/c1ccc(NC(=O)/C=C2\CC(C(=O)O)Nc3ccccc32)cc1. The molecule has 2 aromatic rings. The molecule has 0 saturated carbocycles. The van der Waals surface area contributed by atoms with Gasteiger partial charge in [-0.3, -0.25) is 4.79 Å². The summed E-state index contributed by atoms with van der Waals surface area (Å²) in [6.07, 6.45) is 4.64. The van der Waals surface area contributed by atoms with Gasteiger partial charge < -0.3 is 20.5 Å². The lowest BCUT2D eigenvalue weighted by Gasteiger charge is -2.26. The van der Waals surface area contributed by atoms with Gasteiger partial charge in [-0.15, -0.1) is 0 Å². The molecule has 0 bridgehead atoms. The van der Waals surface area contributed by atoms with Crippen LogP contribution in [0, 0.1) is 0 Å². The first kappa shape index (κ1) is 22.8. The summed E-state index contributed by atoms with van der Waals surface area (Å²) in [7, 11) is 0. The summed E-state index contributed by atoms with van der Waals surface area (Å²) in [5, 5.41) is 15.2. The van der Waals surface area contributed by atoms with Gasteiger partial charge in [-0.05, 0) is 56.2 Å². The molecule has 7 nitrogen and oxygen atoms in total. The second-order valence-corrected chi connectivity index (χ2v) is 8.43. The van der Waals surface area contributed by atoms with Crippen molar-refractivity contribution in [1.82, 2.24) is 0 Å². The van der Waals surface area contributed by atoms with Crippen molar-refractivity contribution in [3.63, 3.8) is 0 Å². The van der Waals surface area contributed by atoms with Crippen molar-refractivity contribution in [2.75, 3.05) is 10.6 Å². The Hall–Kier alpha value is -3.87. The minimum absolute atomic E-state index is 0.203. The highest BCUT2D eigenvalue weighted by molar-refractivity contribution is 6.06. The van der Waals surface area contributed by atoms with Crippen molar-refractivity contribution < 1.29 is 24.2 Å². The first-order valence-electron chi connectivity index (χ1n) is 10.2. The maximum Gasteiger partial charge on any atom is 0.331 e. The zero-order valence-electron chi connectivity index (χ0n) is 18.2. The Labute approximate surface area is 186 Å². The molecule has 166 valence electrons. The number of hydrogen-bond donors (Lipinski definition) is 3. The van der Waals surface area contributed by atoms with Crippen LogP contribution in [0.1, 0.15) is 38.3 Å². The number of nitrogens with one attached hydrogen (secondary N) is 2. The third kappa shape index (κ3) is 6.31. The summed E-state index contributed by atoms with van der Waals surface area (Å²) in [6.45, 7) is 5.40. The van der Waals surface area contributed by atoms with Gasteiger partial charge in [-0.25, -0.2) is 9.59 Å². The molecule has 1 unspecified atom stereocenters. The summed E-state index contributed by atoms with van der Waals surface area (Å²) in [5.41, 5.74) is 2.96. The van der Waals surface area contributed by atoms with E-state index in [-0.39, 0.29) is 12.3 Å². The molecule has 1 heterocycles. The van der Waals surface area contributed by atoms with E-state index in [1.807, 2.05) is 18.2 Å². The fourth-order valence-electron chi connectivity index (χ4n) is 3.26. The zero-order chi connectivity index (χ0) is 23.3. The number of hydrogen-bond acceptors (Lipinski definition) is 5. The molecule has 0 fully saturated rings. The highest BCUT2D eigenvalue weighted by Crippen LogP contribution is 2.33. The minimum Gasteiger partial charge on any atom is -0.480 e. The van der Waals surface area contributed by atoms with E-state index in [9.17, 15) is 19.5 Å². The normalized spacial score (nSPS) is 16.8. The third-order valence-corrected chi connectivity index (χ3v) is 4.63. The van der Waals surface area contributed by atoms with E-state index < -0.39 is 23.6 Å². The fourth-order valence-corrected chi connectivity index (χ4v) is 3.26. The molecule has 1 aliphatic heterocycles. The lowest BCUT2D eigenvalue weighted by molar-refractivity contribution is -0.148. The maximum absolute atomic E-state index is 12.6. The van der Waals surface area contributed by atoms with Crippen LogP contribution in [0.25, 0.3) is 11.6 Å². The molecule has 0 spiro atoms. The van der Waals surface area contributed by atoms with Crippen LogP contribution >= 0.6 is 0 Å². The van der Waals surface area contributed by atoms with Crippen LogP contribution in [-0.2, 0) is 19.1 Å². The molecule has 3 N–H and O–H groups in total. The number of aliphatic carboxylic acids is 1. The number of ether oxygens (including phenoxy) is 1. The lowest BCUT2D eigenvalue weighted by atomic mass is 9.92. The molecule has 0 saturated heterocycles. The molecule has 0 aromatic heterocycles. The predicted octanol–water partition coefficient (Wildman–Crippen LogP) is 4.33. The Bertz CT molecular complexity index is 1080. The number of carbonyl (C=O) groups excluding carboxylic acids is 2. The monoisotopic (exact) mass is 434 g/mol. The number of carbonyl (C=O) groups is 3. The van der Waals surface area contributed by atoms with Crippen LogP contribution in [0.5, 0.6) is 0 Å². The Kier molecular flexibility index (Phi) is 6.78. The third-order valence-electron chi connectivity index (χ3n) is 4.63. The number of benzene rings is 2. The number of fused-ring (bicyclic) bond motifs is 1. The average Bonchev–Trinajstić information content (AvgIpc) is 2.72. The first-order chi connectivity index (χ1) is 15.1. The van der Waals surface area contributed by atoms with Crippen LogP contribution < -0.4 is 10.6 Å². The van der Waals surface area contributed by atoms with E-state index in [0.29, 0.717) is 16.9 Å². The number of anilines is 2. The fraction of sp³-hybridized carbons (Fsp3) is 0.240. The van der Waals surface area contributed by atoms with Crippen molar-refractivity contribution in [2.45, 2.75) is 38.8 Å². The van der Waals surface area contributed by atoms with Gasteiger partial charge in [0.05, 0.1) is 0 Å². The van der Waals surface area contributed by atoms with Gasteiger partial charge in [0.15, 0.2) is 0 Å². The maximum atomic E-state index is 12.6. The Morgan fingerprint density at radius 3 is 2.44 bits per heavy atom. The van der Waals surface area contributed by atoms with Crippen molar-refractivity contribution in [3.05, 3.63) is 71.8 Å². The van der Waals surface area contributed by atoms with Crippen molar-refractivity contribution >= 4 is 40.9 Å². The van der Waals surface area contributed by atoms with Gasteiger partial charge in [-0.2, -0.15) is 0 Å². The Morgan fingerprint density at radius 2 is 1.78 bits per heavy atom. The number of rotatable bonds is 5. The summed E-state index contributed by atoms with van der Waals surface area (Å²) in [4.78, 5) is 35.8. The molecular formula is C25H26N2O5. The summed E-state index contributed by atoms with van der Waals surface area (Å²) in [5.74, 6) is -1.75. The molecule has 1 atom stereocenters. The standard InChI is InChI=1S/C25H26N2O5/c1-25(2,3)32-23(29)13-10-16-8-11-18(12-9-16)26-22(28)15-17-14-21(24(30)31)27-20-7-5-4-6-19(17)20/h4-13,15,21,27H,14H2,1-3H3,(H,26,28)(H,30,31)/b13-10+,17-15+. The van der Waals surface area contributed by atoms with E-state index >= 15 is 0 Å². The second kappa shape index (κ2) is 9.51. The smallest absolute Gasteiger partial charge is 0.331 e. The highest BCUT2D eigenvalue weighted by Gasteiger charge is 2.26. The number of amides is 1. The Balaban J connectivity index is 1.68. The van der Waals surface area contributed by atoms with Gasteiger partial charge in [0, 0.05) is 35.5 Å². The summed E-state index contributed by atoms with van der Waals surface area (Å²) in [6, 6.07) is 13.5. The molecule has 32 heavy (non-hydrogen) atoms. The first-order valence-corrected chi connectivity index (χ1v) is 10.2. The van der Waals surface area contributed by atoms with Crippen LogP contribution in [0.3, 0.4) is 0 Å². The molecule has 2 aromatic carbocycles. The van der Waals surface area contributed by atoms with Gasteiger partial charge in [0.1, 0.15) is 11.6 Å². The molecule has 7 heteroatoms. The quantitative estimate of drug-likeness (QED) is 0.478. The van der Waals surface area contributed by atoms with Crippen LogP contribution in [0.2, 0.25) is 0 Å². The highest BCUT2D eigenvalue weighted by atomic mass is 16.6. The number of carboxylic acid groups (broad SMARTS) is 1. The number of esters is 1. The molecular weight excluding hydrogens is 408 g/mol. The average molecular weight is 434 g/mol. The summed E-state index contributed by atoms with van der Waals surface area (Å²) >= 11 is 0. The lowest BCUT2D eigenvalue weighted by Crippen LogP contribution is -2.33. The van der Waals surface area contributed by atoms with E-state index in [1.54, 1.807) is 57.2 Å². The van der Waals surface area contributed by atoms with Crippen molar-refractivity contribution in [3.8, 4) is 0 Å². The predicted molar refractivity (Wildman–Crippen MR) is 124 cm³/mol. The van der Waals surface area contributed by atoms with Gasteiger partial charge in [-0.1, -0.05) is 30.3 Å². The largest absolute Gasteiger partial charge is 0.480 e. The zero-order valence-corrected chi connectivity index (χ0v) is 18.2. The molecule has 0 aliphatic carbocycles. The Morgan fingerprint density at radius 1 is 1.09 bits per heavy atom. The van der Waals surface area contributed by atoms with Crippen LogP contribution in [-0.4, -0.2) is 34.6 Å². The van der Waals surface area contributed by atoms with Crippen LogP contribution in [0.15, 0.2) is 60.7 Å². The second-order valence-electron chi connectivity index (χ2n) is 8.43. The number of carboxylic acids is 1. The van der Waals surface area contributed by atoms with E-state index in [0.717, 1.165) is 11.1 Å². The minimum atomic E-state index is -0.971. The number of para-hydroxylation sites is 1. The van der Waals surface area contributed by atoms with E-state index in [1.165, 1.54) is 12.2 Å². The van der Waals surface area contributed by atoms with Crippen LogP contribution in [0.4, 0.5) is 11.4 Å². The molecule has 0 radical (unpaired) electrons. The van der Waals surface area contributed by atoms with Crippen molar-refractivity contribution in [2.24, 2.45) is 0 Å². The van der Waals surface area contributed by atoms with E-state index in [4.69, 9.17) is 4.74 Å². The van der Waals surface area contributed by atoms with Crippen molar-refractivity contribution in [1.29, 1.82) is 0 Å².